The molecule has 0 aliphatic heterocycles. The minimum atomic E-state index is 0.407. The first kappa shape index (κ1) is 14.8. The van der Waals surface area contributed by atoms with Crippen molar-refractivity contribution in [3.63, 3.8) is 0 Å². The first-order chi connectivity index (χ1) is 6.81. The lowest BCUT2D eigenvalue weighted by molar-refractivity contribution is 0.157. The molecule has 0 aliphatic carbocycles. The summed E-state index contributed by atoms with van der Waals surface area (Å²) >= 11 is 0. The molecule has 0 aliphatic rings. The highest BCUT2D eigenvalue weighted by molar-refractivity contribution is 6.42. The largest absolute Gasteiger partial charge is 0.148 e. The molecule has 88 valence electrons. The number of hydrogen-bond acceptors (Lipinski definition) is 0. The van der Waals surface area contributed by atoms with Gasteiger partial charge in [0.05, 0.1) is 0 Å². The third-order valence-electron chi connectivity index (χ3n) is 3.86. The van der Waals surface area contributed by atoms with Crippen LogP contribution >= 0.6 is 0 Å². The normalized spacial score (nSPS) is 13.5. The lowest BCUT2D eigenvalue weighted by Crippen LogP contribution is -2.30. The molecule has 0 aromatic carbocycles. The fourth-order valence-electron chi connectivity index (χ4n) is 1.38. The van der Waals surface area contributed by atoms with Crippen molar-refractivity contribution in [3.8, 4) is 0 Å². The molecule has 0 aromatic heterocycles. The minimum absolute atomic E-state index is 0.407. The van der Waals surface area contributed by atoms with E-state index in [0.29, 0.717) is 10.8 Å². The Bertz CT molecular complexity index is 184. The fourth-order valence-corrected chi connectivity index (χ4v) is 1.38. The van der Waals surface area contributed by atoms with E-state index in [-0.39, 0.29) is 0 Å². The van der Waals surface area contributed by atoms with E-state index >= 15 is 0 Å². The molecule has 0 nitrogen and oxygen atoms in total. The van der Waals surface area contributed by atoms with Crippen LogP contribution in [-0.2, 0) is 0 Å². The average molecular weight is 208 g/mol. The smallest absolute Gasteiger partial charge is 0.123 e. The van der Waals surface area contributed by atoms with Crippen molar-refractivity contribution in [2.45, 2.75) is 67.1 Å². The quantitative estimate of drug-likeness (QED) is 0.441. The molecule has 0 heterocycles. The van der Waals surface area contributed by atoms with Crippen LogP contribution in [0.4, 0.5) is 0 Å². The van der Waals surface area contributed by atoms with Gasteiger partial charge in [-0.1, -0.05) is 66.8 Å². The van der Waals surface area contributed by atoms with Crippen molar-refractivity contribution in [2.75, 3.05) is 0 Å². The Kier molecular flexibility index (Phi) is 6.32. The molecular weight excluding hydrogens is 179 g/mol. The minimum Gasteiger partial charge on any atom is -0.123 e. The topological polar surface area (TPSA) is 0 Å². The van der Waals surface area contributed by atoms with Crippen molar-refractivity contribution in [3.05, 3.63) is 12.1 Å². The molecule has 0 amide bonds. The maximum atomic E-state index is 2.38. The molecule has 0 N–H and O–H groups in total. The molecular formula is C14H29B. The van der Waals surface area contributed by atoms with Gasteiger partial charge in [-0.3, -0.25) is 0 Å². The molecule has 0 radical (unpaired) electrons. The second-order valence-electron chi connectivity index (χ2n) is 6.29. The Morgan fingerprint density at radius 3 is 2.13 bits per heavy atom. The summed E-state index contributed by atoms with van der Waals surface area (Å²) < 4.78 is 0. The van der Waals surface area contributed by atoms with E-state index in [0.717, 1.165) is 0 Å². The molecule has 0 saturated carbocycles. The number of allylic oxidation sites excluding steroid dienone is 1. The van der Waals surface area contributed by atoms with Crippen molar-refractivity contribution in [2.24, 2.45) is 10.8 Å². The van der Waals surface area contributed by atoms with E-state index < -0.39 is 0 Å². The molecule has 0 spiro atoms. The van der Waals surface area contributed by atoms with Gasteiger partial charge in [0.2, 0.25) is 0 Å². The van der Waals surface area contributed by atoms with Crippen molar-refractivity contribution >= 4 is 7.28 Å². The molecule has 0 bridgehead atoms. The van der Waals surface area contributed by atoms with Crippen molar-refractivity contribution < 1.29 is 0 Å². The van der Waals surface area contributed by atoms with Crippen LogP contribution in [0, 0.1) is 10.8 Å². The van der Waals surface area contributed by atoms with Gasteiger partial charge in [-0.15, -0.1) is 5.98 Å². The summed E-state index contributed by atoms with van der Waals surface area (Å²) in [6, 6.07) is 0. The van der Waals surface area contributed by atoms with Gasteiger partial charge in [0, 0.05) is 0 Å². The monoisotopic (exact) mass is 208 g/mol. The maximum Gasteiger partial charge on any atom is 0.148 e. The Morgan fingerprint density at radius 1 is 1.07 bits per heavy atom. The predicted octanol–water partition coefficient (Wildman–Crippen LogP) is 4.62. The van der Waals surface area contributed by atoms with Crippen molar-refractivity contribution in [1.29, 1.82) is 0 Å². The summed E-state index contributed by atoms with van der Waals surface area (Å²) in [5, 5.41) is 0. The summed E-state index contributed by atoms with van der Waals surface area (Å²) in [4.78, 5) is 0. The van der Waals surface area contributed by atoms with Gasteiger partial charge in [0.1, 0.15) is 7.28 Å². The fraction of sp³-hybridized carbons (Fsp3) is 0.857. The third-order valence-corrected chi connectivity index (χ3v) is 3.86. The molecule has 0 aromatic rings. The van der Waals surface area contributed by atoms with E-state index in [9.17, 15) is 0 Å². The van der Waals surface area contributed by atoms with Crippen LogP contribution in [0.3, 0.4) is 0 Å². The predicted molar refractivity (Wildman–Crippen MR) is 73.9 cm³/mol. The van der Waals surface area contributed by atoms with E-state index in [1.54, 1.807) is 0 Å². The van der Waals surface area contributed by atoms with Crippen LogP contribution < -0.4 is 0 Å². The third kappa shape index (κ3) is 6.07. The lowest BCUT2D eigenvalue weighted by Gasteiger charge is -2.38. The molecule has 0 unspecified atom stereocenters. The van der Waals surface area contributed by atoms with Crippen LogP contribution in [0.2, 0.25) is 6.32 Å². The standard InChI is InChI=1S/C14H29B/c1-7-8-9-10-11-15-12-14(5,6)13(2,3)4/h10-11,15H,7-9,12H2,1-6H3/b11-10+. The first-order valence-corrected chi connectivity index (χ1v) is 6.46. The number of unbranched alkanes of at least 4 members (excludes halogenated alkanes) is 2. The van der Waals surface area contributed by atoms with Crippen LogP contribution in [0.25, 0.3) is 0 Å². The summed E-state index contributed by atoms with van der Waals surface area (Å²) in [5.74, 6) is 2.36. The second-order valence-corrected chi connectivity index (χ2v) is 6.29. The maximum absolute atomic E-state index is 2.38. The molecule has 1 heteroatoms. The first-order valence-electron chi connectivity index (χ1n) is 6.46. The van der Waals surface area contributed by atoms with Crippen molar-refractivity contribution in [1.82, 2.24) is 0 Å². The van der Waals surface area contributed by atoms with Crippen LogP contribution in [0.15, 0.2) is 12.1 Å². The molecule has 0 saturated heterocycles. The summed E-state index contributed by atoms with van der Waals surface area (Å²) in [7, 11) is 1.23. The van der Waals surface area contributed by atoms with Gasteiger partial charge >= 0.3 is 0 Å². The van der Waals surface area contributed by atoms with Gasteiger partial charge in [-0.25, -0.2) is 0 Å². The molecule has 0 atom stereocenters. The summed E-state index contributed by atoms with van der Waals surface area (Å²) in [5.41, 5.74) is 0.840. The van der Waals surface area contributed by atoms with E-state index in [4.69, 9.17) is 0 Å². The molecule has 0 fully saturated rings. The summed E-state index contributed by atoms with van der Waals surface area (Å²) in [6.07, 6.45) is 7.53. The Labute approximate surface area is 97.8 Å². The highest BCUT2D eigenvalue weighted by Gasteiger charge is 2.31. The zero-order valence-corrected chi connectivity index (χ0v) is 11.7. The second kappa shape index (κ2) is 6.40. The van der Waals surface area contributed by atoms with Gasteiger partial charge in [-0.05, 0) is 17.3 Å². The SMILES string of the molecule is CCCC/C=C/BCC(C)(C)C(C)(C)C. The van der Waals surface area contributed by atoms with Crippen LogP contribution in [0.5, 0.6) is 0 Å². The molecule has 0 rings (SSSR count). The average Bonchev–Trinajstić information content (AvgIpc) is 2.09. The molecule has 15 heavy (non-hydrogen) atoms. The Hall–Kier alpha value is -0.195. The highest BCUT2D eigenvalue weighted by Crippen LogP contribution is 2.40. The van der Waals surface area contributed by atoms with E-state index in [1.807, 2.05) is 0 Å². The van der Waals surface area contributed by atoms with E-state index in [1.165, 1.54) is 32.9 Å². The van der Waals surface area contributed by atoms with E-state index in [2.05, 4.69) is 53.6 Å². The number of hydrogen-bond donors (Lipinski definition) is 0. The van der Waals surface area contributed by atoms with Crippen LogP contribution in [-0.4, -0.2) is 7.28 Å². The van der Waals surface area contributed by atoms with Crippen LogP contribution in [0.1, 0.15) is 60.8 Å². The van der Waals surface area contributed by atoms with Gasteiger partial charge in [-0.2, -0.15) is 0 Å². The van der Waals surface area contributed by atoms with Gasteiger partial charge in [0.25, 0.3) is 0 Å². The lowest BCUT2D eigenvalue weighted by atomic mass is 9.56. The zero-order chi connectivity index (χ0) is 11.9. The number of rotatable bonds is 6. The zero-order valence-electron chi connectivity index (χ0n) is 11.7. The Balaban J connectivity index is 3.80. The van der Waals surface area contributed by atoms with Gasteiger partial charge in [0.15, 0.2) is 0 Å². The summed E-state index contributed by atoms with van der Waals surface area (Å²) in [6.45, 7) is 14.0. The van der Waals surface area contributed by atoms with Gasteiger partial charge < -0.3 is 0 Å². The highest BCUT2D eigenvalue weighted by atomic mass is 14.3. The Morgan fingerprint density at radius 2 is 1.67 bits per heavy atom.